The number of hydrogen-bond donors (Lipinski definition) is 0. The maximum atomic E-state index is 6.78. The zero-order chi connectivity index (χ0) is 32.8. The van der Waals surface area contributed by atoms with E-state index in [1.165, 1.54) is 55.6 Å². The van der Waals surface area contributed by atoms with Crippen molar-refractivity contribution >= 4 is 21.9 Å². The van der Waals surface area contributed by atoms with Crippen molar-refractivity contribution in [1.29, 1.82) is 0 Å². The average Bonchev–Trinajstić information content (AvgIpc) is 3.69. The van der Waals surface area contributed by atoms with Gasteiger partial charge in [-0.05, 0) is 86.0 Å². The van der Waals surface area contributed by atoms with E-state index >= 15 is 0 Å². The molecule has 6 aromatic carbocycles. The van der Waals surface area contributed by atoms with Crippen LogP contribution >= 0.6 is 0 Å². The molecule has 3 aromatic heterocycles. The fraction of sp³-hybridized carbons (Fsp3) is 0.0213. The molecule has 2 aliphatic carbocycles. The van der Waals surface area contributed by atoms with Crippen molar-refractivity contribution in [3.05, 3.63) is 193 Å². The van der Waals surface area contributed by atoms with Crippen molar-refractivity contribution in [3.63, 3.8) is 0 Å². The largest absolute Gasteiger partial charge is 0.455 e. The molecule has 0 N–H and O–H groups in total. The van der Waals surface area contributed by atoms with E-state index < -0.39 is 5.41 Å². The van der Waals surface area contributed by atoms with Gasteiger partial charge in [0.25, 0.3) is 0 Å². The fourth-order valence-electron chi connectivity index (χ4n) is 8.78. The van der Waals surface area contributed by atoms with Crippen LogP contribution in [0.2, 0.25) is 0 Å². The van der Waals surface area contributed by atoms with E-state index in [9.17, 15) is 0 Å². The Morgan fingerprint density at radius 2 is 1.14 bits per heavy atom. The van der Waals surface area contributed by atoms with Crippen molar-refractivity contribution in [2.24, 2.45) is 0 Å². The van der Waals surface area contributed by atoms with Gasteiger partial charge in [-0.15, -0.1) is 0 Å². The van der Waals surface area contributed by atoms with Gasteiger partial charge < -0.3 is 4.42 Å². The van der Waals surface area contributed by atoms with Gasteiger partial charge in [-0.2, -0.15) is 0 Å². The maximum absolute atomic E-state index is 6.78. The summed E-state index contributed by atoms with van der Waals surface area (Å²) in [7, 11) is 0. The Balaban J connectivity index is 1.26. The summed E-state index contributed by atoms with van der Waals surface area (Å²) >= 11 is 0. The third-order valence-electron chi connectivity index (χ3n) is 10.9. The van der Waals surface area contributed by atoms with Crippen LogP contribution in [0.5, 0.6) is 0 Å². The van der Waals surface area contributed by atoms with E-state index in [0.29, 0.717) is 0 Å². The van der Waals surface area contributed by atoms with Gasteiger partial charge in [-0.25, -0.2) is 0 Å². The van der Waals surface area contributed by atoms with E-state index in [-0.39, 0.29) is 0 Å². The van der Waals surface area contributed by atoms with Gasteiger partial charge >= 0.3 is 0 Å². The van der Waals surface area contributed by atoms with Crippen LogP contribution in [0, 0.1) is 0 Å². The number of nitrogens with zero attached hydrogens (tertiary/aromatic N) is 2. The molecule has 0 saturated carbocycles. The second-order valence-corrected chi connectivity index (χ2v) is 13.3. The van der Waals surface area contributed by atoms with E-state index in [0.717, 1.165) is 44.3 Å². The average molecular weight is 637 g/mol. The van der Waals surface area contributed by atoms with Crippen LogP contribution in [-0.4, -0.2) is 9.97 Å². The Labute approximate surface area is 289 Å². The minimum Gasteiger partial charge on any atom is -0.455 e. The van der Waals surface area contributed by atoms with Crippen molar-refractivity contribution in [1.82, 2.24) is 9.97 Å². The number of pyridine rings is 2. The number of furan rings is 1. The number of aromatic nitrogens is 2. The second-order valence-electron chi connectivity index (χ2n) is 13.3. The molecule has 50 heavy (non-hydrogen) atoms. The summed E-state index contributed by atoms with van der Waals surface area (Å²) in [6, 6.07) is 55.1. The summed E-state index contributed by atoms with van der Waals surface area (Å²) in [6.07, 6.45) is 5.64. The molecular weight excluding hydrogens is 609 g/mol. The topological polar surface area (TPSA) is 38.9 Å². The molecule has 3 heterocycles. The highest BCUT2D eigenvalue weighted by Crippen LogP contribution is 2.63. The molecule has 9 aromatic rings. The van der Waals surface area contributed by atoms with Crippen LogP contribution in [-0.2, 0) is 5.41 Å². The first-order valence-corrected chi connectivity index (χ1v) is 17.1. The summed E-state index contributed by atoms with van der Waals surface area (Å²) in [6.45, 7) is 0. The summed E-state index contributed by atoms with van der Waals surface area (Å²) in [5.41, 5.74) is 17.7. The van der Waals surface area contributed by atoms with Gasteiger partial charge in [-0.1, -0.05) is 121 Å². The number of fused-ring (bicyclic) bond motifs is 16. The van der Waals surface area contributed by atoms with Gasteiger partial charge in [0.05, 0.1) is 11.1 Å². The molecule has 0 saturated heterocycles. The minimum atomic E-state index is -0.608. The molecular formula is C47H28N2O. The Morgan fingerprint density at radius 3 is 1.92 bits per heavy atom. The third kappa shape index (κ3) is 3.58. The monoisotopic (exact) mass is 636 g/mol. The molecule has 0 bridgehead atoms. The molecule has 1 atom stereocenters. The maximum Gasteiger partial charge on any atom is 0.143 e. The number of hydrogen-bond acceptors (Lipinski definition) is 3. The highest BCUT2D eigenvalue weighted by atomic mass is 16.3. The molecule has 0 amide bonds. The van der Waals surface area contributed by atoms with Gasteiger partial charge in [0.2, 0.25) is 0 Å². The summed E-state index contributed by atoms with van der Waals surface area (Å²) in [4.78, 5) is 9.19. The van der Waals surface area contributed by atoms with Crippen LogP contribution < -0.4 is 0 Å². The quantitative estimate of drug-likeness (QED) is 0.189. The van der Waals surface area contributed by atoms with Gasteiger partial charge in [0.1, 0.15) is 11.2 Å². The second kappa shape index (κ2) is 10.2. The van der Waals surface area contributed by atoms with Crippen LogP contribution in [0.1, 0.15) is 22.3 Å². The number of benzene rings is 6. The number of rotatable bonds is 2. The molecule has 232 valence electrons. The Kier molecular flexibility index (Phi) is 5.59. The van der Waals surface area contributed by atoms with Gasteiger partial charge in [0.15, 0.2) is 0 Å². The lowest BCUT2D eigenvalue weighted by atomic mass is 9.65. The van der Waals surface area contributed by atoms with Crippen molar-refractivity contribution < 1.29 is 4.42 Å². The van der Waals surface area contributed by atoms with Crippen LogP contribution in [0.3, 0.4) is 0 Å². The van der Waals surface area contributed by atoms with Crippen molar-refractivity contribution in [3.8, 4) is 55.8 Å². The highest BCUT2D eigenvalue weighted by molar-refractivity contribution is 6.13. The lowest BCUT2D eigenvalue weighted by Gasteiger charge is -2.35. The molecule has 1 spiro atoms. The van der Waals surface area contributed by atoms with Crippen molar-refractivity contribution in [2.75, 3.05) is 0 Å². The minimum absolute atomic E-state index is 0.608. The van der Waals surface area contributed by atoms with Crippen molar-refractivity contribution in [2.45, 2.75) is 5.41 Å². The Hall–Kier alpha value is -6.58. The standard InChI is InChI=1S/C47H28N2O/c1-2-12-33-32(11-1)34-13-3-6-16-39(34)47(42-26-29(19-21-35(33)42)30-20-24-43(49-28-30)31-10-9-25-48-27-31)40-17-7-4-15-38(40)45-41(47)23-22-37-36-14-5-8-18-44(36)50-46(37)45/h1-28H. The van der Waals surface area contributed by atoms with E-state index in [4.69, 9.17) is 9.40 Å². The van der Waals surface area contributed by atoms with E-state index in [1.807, 2.05) is 24.5 Å². The predicted octanol–water partition coefficient (Wildman–Crippen LogP) is 11.7. The lowest BCUT2D eigenvalue weighted by Crippen LogP contribution is -2.29. The van der Waals surface area contributed by atoms with E-state index in [2.05, 4.69) is 145 Å². The number of para-hydroxylation sites is 1. The SMILES string of the molecule is c1cncc(-c2ccc(-c3ccc4c(c3)C3(c5ccccc5-c5ccccc5-4)c4ccccc4-c4c3ccc3c4oc4ccccc43)cn2)c1. The zero-order valence-electron chi connectivity index (χ0n) is 27.0. The molecule has 0 radical (unpaired) electrons. The highest BCUT2D eigenvalue weighted by Gasteiger charge is 2.50. The molecule has 1 unspecified atom stereocenters. The molecule has 0 fully saturated rings. The zero-order valence-corrected chi connectivity index (χ0v) is 27.0. The summed E-state index contributed by atoms with van der Waals surface area (Å²) in [5.74, 6) is 0. The first-order chi connectivity index (χ1) is 24.8. The molecule has 11 rings (SSSR count). The third-order valence-corrected chi connectivity index (χ3v) is 10.9. The van der Waals surface area contributed by atoms with Crippen LogP contribution in [0.4, 0.5) is 0 Å². The molecule has 3 heteroatoms. The Morgan fingerprint density at radius 1 is 0.440 bits per heavy atom. The summed E-state index contributed by atoms with van der Waals surface area (Å²) in [5, 5.41) is 2.28. The lowest BCUT2D eigenvalue weighted by molar-refractivity contribution is 0.669. The van der Waals surface area contributed by atoms with Crippen LogP contribution in [0.15, 0.2) is 175 Å². The molecule has 3 nitrogen and oxygen atoms in total. The first kappa shape index (κ1) is 27.4. The summed E-state index contributed by atoms with van der Waals surface area (Å²) < 4.78 is 6.78. The predicted molar refractivity (Wildman–Crippen MR) is 202 cm³/mol. The van der Waals surface area contributed by atoms with Crippen LogP contribution in [0.25, 0.3) is 77.7 Å². The first-order valence-electron chi connectivity index (χ1n) is 17.1. The van der Waals surface area contributed by atoms with E-state index in [1.54, 1.807) is 6.20 Å². The van der Waals surface area contributed by atoms with Gasteiger partial charge in [-0.3, -0.25) is 9.97 Å². The molecule has 0 aliphatic heterocycles. The Bertz CT molecular complexity index is 2810. The normalized spacial score (nSPS) is 15.3. The van der Waals surface area contributed by atoms with Gasteiger partial charge in [0, 0.05) is 46.1 Å². The fourth-order valence-corrected chi connectivity index (χ4v) is 8.78. The smallest absolute Gasteiger partial charge is 0.143 e. The molecule has 2 aliphatic rings.